The van der Waals surface area contributed by atoms with Crippen LogP contribution in [-0.4, -0.2) is 28.1 Å². The van der Waals surface area contributed by atoms with E-state index in [4.69, 9.17) is 0 Å². The average Bonchev–Trinajstić information content (AvgIpc) is 2.70. The number of Topliss-reactive ketones (excluding diaryl/α,β-unsaturated/α-hetero) is 1. The molecule has 0 bridgehead atoms. The number of rotatable bonds is 3. The normalized spacial score (nSPS) is 12.4. The van der Waals surface area contributed by atoms with E-state index in [-0.39, 0.29) is 0 Å². The van der Waals surface area contributed by atoms with Gasteiger partial charge in [0.25, 0.3) is 6.29 Å². The van der Waals surface area contributed by atoms with Crippen LogP contribution in [0, 0.1) is 0 Å². The number of ketones is 1. The zero-order chi connectivity index (χ0) is 12.4. The van der Waals surface area contributed by atoms with Gasteiger partial charge in [0.1, 0.15) is 0 Å². The Morgan fingerprint density at radius 2 is 2.06 bits per heavy atom. The molecule has 2 rings (SSSR count). The summed E-state index contributed by atoms with van der Waals surface area (Å²) in [6.45, 7) is 1.13. The van der Waals surface area contributed by atoms with Crippen LogP contribution in [0.5, 0.6) is 0 Å². The van der Waals surface area contributed by atoms with Gasteiger partial charge in [-0.15, -0.1) is 0 Å². The van der Waals surface area contributed by atoms with Crippen LogP contribution in [0.2, 0.25) is 0 Å². The van der Waals surface area contributed by atoms with Crippen molar-refractivity contribution in [1.29, 1.82) is 0 Å². The summed E-state index contributed by atoms with van der Waals surface area (Å²) in [7, 11) is 0. The lowest BCUT2D eigenvalue weighted by atomic mass is 10.1. The monoisotopic (exact) mass is 233 g/mol. The van der Waals surface area contributed by atoms with Crippen LogP contribution in [0.25, 0.3) is 10.9 Å². The second-order valence-electron chi connectivity index (χ2n) is 3.57. The van der Waals surface area contributed by atoms with Gasteiger partial charge in [-0.25, -0.2) is 0 Å². The highest BCUT2D eigenvalue weighted by Crippen LogP contribution is 2.19. The molecule has 1 aromatic carbocycles. The molecule has 17 heavy (non-hydrogen) atoms. The first kappa shape index (κ1) is 11.3. The number of hydrogen-bond acceptors (Lipinski definition) is 4. The SMILES string of the molecule is CC(=O)OC(O)C(=O)c1c[nH]c2ccccc12. The van der Waals surface area contributed by atoms with Crippen LogP contribution in [0.4, 0.5) is 0 Å². The molecule has 5 nitrogen and oxygen atoms in total. The zero-order valence-electron chi connectivity index (χ0n) is 9.14. The molecular weight excluding hydrogens is 222 g/mol. The molecule has 2 N–H and O–H groups in total. The number of nitrogens with one attached hydrogen (secondary N) is 1. The molecule has 88 valence electrons. The van der Waals surface area contributed by atoms with Crippen molar-refractivity contribution in [2.75, 3.05) is 0 Å². The molecule has 0 aliphatic heterocycles. The highest BCUT2D eigenvalue weighted by Gasteiger charge is 2.22. The number of para-hydroxylation sites is 1. The van der Waals surface area contributed by atoms with E-state index in [1.807, 2.05) is 12.1 Å². The molecule has 0 fully saturated rings. The lowest BCUT2D eigenvalue weighted by molar-refractivity contribution is -0.157. The van der Waals surface area contributed by atoms with Crippen molar-refractivity contribution in [2.24, 2.45) is 0 Å². The summed E-state index contributed by atoms with van der Waals surface area (Å²) in [4.78, 5) is 25.4. The Labute approximate surface area is 97.0 Å². The molecule has 2 aromatic rings. The minimum Gasteiger partial charge on any atom is -0.428 e. The van der Waals surface area contributed by atoms with Crippen LogP contribution < -0.4 is 0 Å². The fraction of sp³-hybridized carbons (Fsp3) is 0.167. The summed E-state index contributed by atoms with van der Waals surface area (Å²) in [5, 5.41) is 10.1. The summed E-state index contributed by atoms with van der Waals surface area (Å²) < 4.78 is 4.44. The number of aromatic nitrogens is 1. The van der Waals surface area contributed by atoms with Crippen molar-refractivity contribution in [3.63, 3.8) is 0 Å². The predicted molar refractivity (Wildman–Crippen MR) is 60.4 cm³/mol. The van der Waals surface area contributed by atoms with Gasteiger partial charge >= 0.3 is 5.97 Å². The number of ether oxygens (including phenoxy) is 1. The van der Waals surface area contributed by atoms with Crippen LogP contribution in [0.1, 0.15) is 17.3 Å². The minimum atomic E-state index is -1.76. The van der Waals surface area contributed by atoms with Crippen molar-refractivity contribution in [1.82, 2.24) is 4.98 Å². The number of H-pyrrole nitrogens is 1. The molecule has 5 heteroatoms. The van der Waals surface area contributed by atoms with E-state index in [1.165, 1.54) is 6.20 Å². The number of aliphatic hydroxyl groups excluding tert-OH is 1. The third-order valence-electron chi connectivity index (χ3n) is 2.36. The number of carbonyl (C=O) groups excluding carboxylic acids is 2. The number of aliphatic hydroxyl groups is 1. The van der Waals surface area contributed by atoms with Gasteiger partial charge in [-0.1, -0.05) is 18.2 Å². The number of hydrogen-bond donors (Lipinski definition) is 2. The van der Waals surface area contributed by atoms with Crippen molar-refractivity contribution in [3.8, 4) is 0 Å². The molecule has 0 spiro atoms. The zero-order valence-corrected chi connectivity index (χ0v) is 9.14. The van der Waals surface area contributed by atoms with E-state index in [2.05, 4.69) is 9.72 Å². The molecule has 0 aliphatic rings. The molecular formula is C12H11NO4. The average molecular weight is 233 g/mol. The number of esters is 1. The quantitative estimate of drug-likeness (QED) is 0.474. The van der Waals surface area contributed by atoms with Crippen molar-refractivity contribution >= 4 is 22.7 Å². The van der Waals surface area contributed by atoms with Gasteiger partial charge in [-0.2, -0.15) is 0 Å². The van der Waals surface area contributed by atoms with Crippen LogP contribution in [-0.2, 0) is 9.53 Å². The first-order valence-corrected chi connectivity index (χ1v) is 5.05. The highest BCUT2D eigenvalue weighted by molar-refractivity contribution is 6.09. The summed E-state index contributed by atoms with van der Waals surface area (Å²) in [6.07, 6.45) is -0.272. The van der Waals surface area contributed by atoms with Crippen LogP contribution in [0.15, 0.2) is 30.5 Å². The Balaban J connectivity index is 2.33. The Morgan fingerprint density at radius 3 is 2.76 bits per heavy atom. The molecule has 0 amide bonds. The van der Waals surface area contributed by atoms with E-state index in [9.17, 15) is 14.7 Å². The van der Waals surface area contributed by atoms with Crippen molar-refractivity contribution in [2.45, 2.75) is 13.2 Å². The first-order chi connectivity index (χ1) is 8.09. The van der Waals surface area contributed by atoms with Gasteiger partial charge < -0.3 is 14.8 Å². The lowest BCUT2D eigenvalue weighted by Crippen LogP contribution is -2.25. The fourth-order valence-corrected chi connectivity index (χ4v) is 1.62. The second kappa shape index (κ2) is 4.39. The highest BCUT2D eigenvalue weighted by atomic mass is 16.6. The maximum atomic E-state index is 11.8. The van der Waals surface area contributed by atoms with Crippen LogP contribution >= 0.6 is 0 Å². The minimum absolute atomic E-state index is 0.300. The Hall–Kier alpha value is -2.14. The Kier molecular flexibility index (Phi) is 2.93. The molecule has 0 saturated heterocycles. The number of benzene rings is 1. The molecule has 0 saturated carbocycles. The van der Waals surface area contributed by atoms with E-state index in [0.717, 1.165) is 12.4 Å². The van der Waals surface area contributed by atoms with E-state index < -0.39 is 18.0 Å². The smallest absolute Gasteiger partial charge is 0.305 e. The van der Waals surface area contributed by atoms with Crippen molar-refractivity contribution < 1.29 is 19.4 Å². The topological polar surface area (TPSA) is 79.4 Å². The number of carbonyl (C=O) groups is 2. The third-order valence-corrected chi connectivity index (χ3v) is 2.36. The largest absolute Gasteiger partial charge is 0.428 e. The molecule has 0 radical (unpaired) electrons. The molecule has 1 unspecified atom stereocenters. The van der Waals surface area contributed by atoms with Gasteiger partial charge in [-0.05, 0) is 6.07 Å². The summed E-state index contributed by atoms with van der Waals surface area (Å²) in [5.41, 5.74) is 1.08. The Morgan fingerprint density at radius 1 is 1.35 bits per heavy atom. The van der Waals surface area contributed by atoms with E-state index >= 15 is 0 Å². The second-order valence-corrected chi connectivity index (χ2v) is 3.57. The fourth-order valence-electron chi connectivity index (χ4n) is 1.62. The van der Waals surface area contributed by atoms with E-state index in [1.54, 1.807) is 12.1 Å². The van der Waals surface area contributed by atoms with Crippen molar-refractivity contribution in [3.05, 3.63) is 36.0 Å². The molecule has 0 aliphatic carbocycles. The molecule has 1 aromatic heterocycles. The van der Waals surface area contributed by atoms with Gasteiger partial charge in [0, 0.05) is 29.6 Å². The standard InChI is InChI=1S/C12H11NO4/c1-7(14)17-12(16)11(15)9-6-13-10-5-3-2-4-8(9)10/h2-6,12-13,16H,1H3. The molecule has 1 heterocycles. The van der Waals surface area contributed by atoms with Crippen LogP contribution in [0.3, 0.4) is 0 Å². The number of aromatic amines is 1. The lowest BCUT2D eigenvalue weighted by Gasteiger charge is -2.08. The molecule has 1 atom stereocenters. The number of fused-ring (bicyclic) bond motifs is 1. The first-order valence-electron chi connectivity index (χ1n) is 5.05. The Bertz CT molecular complexity index is 573. The van der Waals surface area contributed by atoms with E-state index in [0.29, 0.717) is 10.9 Å². The third kappa shape index (κ3) is 2.19. The summed E-state index contributed by atoms with van der Waals surface area (Å²) >= 11 is 0. The maximum Gasteiger partial charge on any atom is 0.305 e. The predicted octanol–water partition coefficient (Wildman–Crippen LogP) is 1.23. The van der Waals surface area contributed by atoms with Gasteiger partial charge in [0.15, 0.2) is 0 Å². The van der Waals surface area contributed by atoms with Gasteiger partial charge in [0.2, 0.25) is 5.78 Å². The maximum absolute atomic E-state index is 11.8. The summed E-state index contributed by atoms with van der Waals surface area (Å²) in [6, 6.07) is 7.17. The van der Waals surface area contributed by atoms with Gasteiger partial charge in [-0.3, -0.25) is 9.59 Å². The summed E-state index contributed by atoms with van der Waals surface area (Å²) in [5.74, 6) is -1.34. The van der Waals surface area contributed by atoms with Gasteiger partial charge in [0.05, 0.1) is 0 Å².